The van der Waals surface area contributed by atoms with Crippen LogP contribution in [0.25, 0.3) is 11.4 Å². The van der Waals surface area contributed by atoms with E-state index in [1.165, 1.54) is 6.20 Å². The van der Waals surface area contributed by atoms with Crippen molar-refractivity contribution in [2.45, 2.75) is 6.92 Å². The lowest BCUT2D eigenvalue weighted by Gasteiger charge is -2.04. The number of aromatic amines is 1. The summed E-state index contributed by atoms with van der Waals surface area (Å²) in [6, 6.07) is 5.13. The maximum absolute atomic E-state index is 11.8. The second-order valence-electron chi connectivity index (χ2n) is 3.82. The van der Waals surface area contributed by atoms with Gasteiger partial charge in [0.1, 0.15) is 11.4 Å². The second-order valence-corrected chi connectivity index (χ2v) is 5.09. The van der Waals surface area contributed by atoms with E-state index in [4.69, 9.17) is 16.3 Å². The first-order valence-corrected chi connectivity index (χ1v) is 6.92. The number of carbonyl (C=O) groups excluding carboxylic acids is 1. The Kier molecular flexibility index (Phi) is 4.57. The molecule has 20 heavy (non-hydrogen) atoms. The maximum Gasteiger partial charge on any atom is 0.345 e. The van der Waals surface area contributed by atoms with Crippen LogP contribution in [0.2, 0.25) is 5.02 Å². The Bertz CT molecular complexity index is 715. The third-order valence-corrected chi connectivity index (χ3v) is 3.70. The van der Waals surface area contributed by atoms with Gasteiger partial charge in [0.25, 0.3) is 5.56 Å². The number of esters is 1. The van der Waals surface area contributed by atoms with E-state index in [9.17, 15) is 9.59 Å². The number of nitrogens with one attached hydrogen (secondary N) is 1. The Morgan fingerprint density at radius 2 is 2.25 bits per heavy atom. The molecule has 0 aliphatic heterocycles. The highest BCUT2D eigenvalue weighted by molar-refractivity contribution is 9.10. The van der Waals surface area contributed by atoms with Gasteiger partial charge in [-0.15, -0.1) is 0 Å². The van der Waals surface area contributed by atoms with Gasteiger partial charge in [0.05, 0.1) is 11.6 Å². The fourth-order valence-electron chi connectivity index (χ4n) is 1.54. The zero-order chi connectivity index (χ0) is 14.7. The first kappa shape index (κ1) is 14.7. The largest absolute Gasteiger partial charge is 0.462 e. The van der Waals surface area contributed by atoms with E-state index in [0.29, 0.717) is 20.9 Å². The molecular formula is C13H10BrClN2O3. The van der Waals surface area contributed by atoms with E-state index in [1.807, 2.05) is 0 Å². The second kappa shape index (κ2) is 6.19. The van der Waals surface area contributed by atoms with Gasteiger partial charge in [-0.2, -0.15) is 0 Å². The Balaban J connectivity index is 2.40. The Morgan fingerprint density at radius 1 is 1.50 bits per heavy atom. The van der Waals surface area contributed by atoms with Crippen LogP contribution in [0.5, 0.6) is 0 Å². The van der Waals surface area contributed by atoms with E-state index in [0.717, 1.165) is 0 Å². The first-order chi connectivity index (χ1) is 9.52. The van der Waals surface area contributed by atoms with Gasteiger partial charge in [0.15, 0.2) is 0 Å². The van der Waals surface area contributed by atoms with Gasteiger partial charge in [-0.3, -0.25) is 4.79 Å². The summed E-state index contributed by atoms with van der Waals surface area (Å²) < 4.78 is 5.45. The van der Waals surface area contributed by atoms with E-state index in [-0.39, 0.29) is 12.2 Å². The Morgan fingerprint density at radius 3 is 2.85 bits per heavy atom. The molecule has 0 aliphatic carbocycles. The molecule has 0 aliphatic rings. The van der Waals surface area contributed by atoms with Crippen molar-refractivity contribution < 1.29 is 9.53 Å². The molecule has 0 radical (unpaired) electrons. The summed E-state index contributed by atoms with van der Waals surface area (Å²) in [5.74, 6) is -0.342. The van der Waals surface area contributed by atoms with Crippen LogP contribution in [-0.2, 0) is 4.74 Å². The molecule has 0 spiro atoms. The third kappa shape index (κ3) is 3.08. The van der Waals surface area contributed by atoms with Crippen molar-refractivity contribution in [2.75, 3.05) is 6.61 Å². The third-order valence-electron chi connectivity index (χ3n) is 2.49. The van der Waals surface area contributed by atoms with Gasteiger partial charge in [0, 0.05) is 16.2 Å². The van der Waals surface area contributed by atoms with E-state index in [1.54, 1.807) is 25.1 Å². The van der Waals surface area contributed by atoms with Gasteiger partial charge in [-0.05, 0) is 41.1 Å². The van der Waals surface area contributed by atoms with Crippen molar-refractivity contribution in [3.8, 4) is 11.4 Å². The summed E-state index contributed by atoms with van der Waals surface area (Å²) in [6.45, 7) is 1.86. The molecule has 104 valence electrons. The molecular weight excluding hydrogens is 348 g/mol. The molecule has 5 nitrogen and oxygen atoms in total. The number of H-pyrrole nitrogens is 1. The van der Waals surface area contributed by atoms with Crippen molar-refractivity contribution >= 4 is 33.5 Å². The number of aromatic nitrogens is 2. The summed E-state index contributed by atoms with van der Waals surface area (Å²) in [4.78, 5) is 30.0. The highest BCUT2D eigenvalue weighted by atomic mass is 79.9. The number of nitrogens with zero attached hydrogens (tertiary/aromatic N) is 1. The molecule has 0 saturated carbocycles. The number of hydrogen-bond donors (Lipinski definition) is 1. The molecule has 0 saturated heterocycles. The Labute approximate surface area is 128 Å². The summed E-state index contributed by atoms with van der Waals surface area (Å²) in [5, 5.41) is 0.555. The lowest BCUT2D eigenvalue weighted by molar-refractivity contribution is 0.0524. The van der Waals surface area contributed by atoms with Gasteiger partial charge in [-0.1, -0.05) is 11.6 Å². The van der Waals surface area contributed by atoms with Crippen LogP contribution in [0, 0.1) is 0 Å². The van der Waals surface area contributed by atoms with Crippen LogP contribution in [-0.4, -0.2) is 22.5 Å². The number of halogens is 2. The molecule has 0 amide bonds. The zero-order valence-corrected chi connectivity index (χ0v) is 12.8. The molecule has 2 aromatic rings. The average Bonchev–Trinajstić information content (AvgIpc) is 2.42. The zero-order valence-electron chi connectivity index (χ0n) is 10.4. The predicted octanol–water partition coefficient (Wildman–Crippen LogP) is 3.03. The van der Waals surface area contributed by atoms with Crippen LogP contribution in [0.15, 0.2) is 33.7 Å². The van der Waals surface area contributed by atoms with Gasteiger partial charge < -0.3 is 9.72 Å². The molecule has 1 aromatic carbocycles. The van der Waals surface area contributed by atoms with Crippen molar-refractivity contribution in [3.63, 3.8) is 0 Å². The maximum atomic E-state index is 11.8. The summed E-state index contributed by atoms with van der Waals surface area (Å²) >= 11 is 9.19. The topological polar surface area (TPSA) is 72.0 Å². The van der Waals surface area contributed by atoms with Crippen LogP contribution < -0.4 is 5.56 Å². The minimum Gasteiger partial charge on any atom is -0.462 e. The van der Waals surface area contributed by atoms with E-state index >= 15 is 0 Å². The molecule has 0 bridgehead atoms. The van der Waals surface area contributed by atoms with Crippen LogP contribution >= 0.6 is 27.5 Å². The van der Waals surface area contributed by atoms with Crippen LogP contribution in [0.4, 0.5) is 0 Å². The number of carbonyl (C=O) groups is 1. The minimum absolute atomic E-state index is 0.122. The Hall–Kier alpha value is -1.66. The fraction of sp³-hybridized carbons (Fsp3) is 0.154. The van der Waals surface area contributed by atoms with Crippen molar-refractivity contribution in [1.29, 1.82) is 0 Å². The molecule has 7 heteroatoms. The molecule has 0 unspecified atom stereocenters. The number of benzene rings is 1. The smallest absolute Gasteiger partial charge is 0.345 e. The SMILES string of the molecule is CCOC(=O)c1cnc(-c2ccc(Cl)c(Br)c2)[nH]c1=O. The summed E-state index contributed by atoms with van der Waals surface area (Å²) in [7, 11) is 0. The highest BCUT2D eigenvalue weighted by Gasteiger charge is 2.13. The monoisotopic (exact) mass is 356 g/mol. The highest BCUT2D eigenvalue weighted by Crippen LogP contribution is 2.26. The fourth-order valence-corrected chi connectivity index (χ4v) is 2.04. The molecule has 0 atom stereocenters. The lowest BCUT2D eigenvalue weighted by atomic mass is 10.2. The quantitative estimate of drug-likeness (QED) is 0.857. The average molecular weight is 358 g/mol. The van der Waals surface area contributed by atoms with Crippen molar-refractivity contribution in [1.82, 2.24) is 9.97 Å². The predicted molar refractivity (Wildman–Crippen MR) is 79.0 cm³/mol. The first-order valence-electron chi connectivity index (χ1n) is 5.74. The van der Waals surface area contributed by atoms with Gasteiger partial charge >= 0.3 is 5.97 Å². The number of rotatable bonds is 3. The summed E-state index contributed by atoms with van der Waals surface area (Å²) in [6.07, 6.45) is 1.20. The molecule has 1 aromatic heterocycles. The molecule has 1 N–H and O–H groups in total. The van der Waals surface area contributed by atoms with Crippen LogP contribution in [0.1, 0.15) is 17.3 Å². The van der Waals surface area contributed by atoms with Gasteiger partial charge in [-0.25, -0.2) is 9.78 Å². The standard InChI is InChI=1S/C13H10BrClN2O3/c1-2-20-13(19)8-6-16-11(17-12(8)18)7-3-4-10(15)9(14)5-7/h3-6H,2H2,1H3,(H,16,17,18). The molecule has 0 fully saturated rings. The summed E-state index contributed by atoms with van der Waals surface area (Å²) in [5.41, 5.74) is 0.0111. The van der Waals surface area contributed by atoms with Gasteiger partial charge in [0.2, 0.25) is 0 Å². The van der Waals surface area contributed by atoms with Crippen molar-refractivity contribution in [2.24, 2.45) is 0 Å². The van der Waals surface area contributed by atoms with Crippen molar-refractivity contribution in [3.05, 3.63) is 49.8 Å². The van der Waals surface area contributed by atoms with E-state index in [2.05, 4.69) is 25.9 Å². The lowest BCUT2D eigenvalue weighted by Crippen LogP contribution is -2.20. The number of ether oxygens (including phenoxy) is 1. The van der Waals surface area contributed by atoms with Crippen LogP contribution in [0.3, 0.4) is 0 Å². The minimum atomic E-state index is -0.690. The molecule has 2 rings (SSSR count). The molecule has 1 heterocycles. The van der Waals surface area contributed by atoms with E-state index < -0.39 is 11.5 Å². The number of hydrogen-bond acceptors (Lipinski definition) is 4. The normalized spacial score (nSPS) is 10.3.